The zero-order valence-electron chi connectivity index (χ0n) is 21.7. The van der Waals surface area contributed by atoms with Crippen molar-refractivity contribution in [2.24, 2.45) is 0 Å². The summed E-state index contributed by atoms with van der Waals surface area (Å²) in [5.74, 6) is -0.0695. The summed E-state index contributed by atoms with van der Waals surface area (Å²) in [7, 11) is 2.16. The second-order valence-corrected chi connectivity index (χ2v) is 11.1. The molecule has 2 aromatic heterocycles. The maximum atomic E-state index is 13.7. The van der Waals surface area contributed by atoms with Crippen LogP contribution in [0.5, 0.6) is 0 Å². The third-order valence-electron chi connectivity index (χ3n) is 8.74. The number of nitrogens with zero attached hydrogens (tertiary/aromatic N) is 3. The fraction of sp³-hybridized carbons (Fsp3) is 0.433. The van der Waals surface area contributed by atoms with Gasteiger partial charge in [-0.15, -0.1) is 0 Å². The number of carbonyl (C=O) groups is 1. The van der Waals surface area contributed by atoms with Crippen molar-refractivity contribution < 1.29 is 4.79 Å². The smallest absolute Gasteiger partial charge is 0.259 e. The number of rotatable bonds is 5. The minimum Gasteiger partial charge on any atom is -0.351 e. The normalized spacial score (nSPS) is 18.5. The van der Waals surface area contributed by atoms with Gasteiger partial charge in [-0.05, 0) is 76.0 Å². The molecule has 2 N–H and O–H groups in total. The second kappa shape index (κ2) is 9.45. The lowest BCUT2D eigenvalue weighted by Gasteiger charge is -2.41. The van der Waals surface area contributed by atoms with Gasteiger partial charge in [0.15, 0.2) is 0 Å². The first-order valence-electron chi connectivity index (χ1n) is 13.5. The van der Waals surface area contributed by atoms with Crippen molar-refractivity contribution in [3.63, 3.8) is 0 Å². The third-order valence-corrected chi connectivity index (χ3v) is 8.74. The van der Waals surface area contributed by atoms with E-state index in [1.54, 1.807) is 6.20 Å². The topological polar surface area (TPSA) is 83.0 Å². The Morgan fingerprint density at radius 1 is 1.11 bits per heavy atom. The highest BCUT2D eigenvalue weighted by molar-refractivity contribution is 6.07. The summed E-state index contributed by atoms with van der Waals surface area (Å²) < 4.78 is 2.03. The monoisotopic (exact) mass is 497 g/mol. The highest BCUT2D eigenvalue weighted by Gasteiger charge is 2.36. The van der Waals surface area contributed by atoms with Crippen molar-refractivity contribution in [3.05, 3.63) is 75.7 Å². The van der Waals surface area contributed by atoms with Gasteiger partial charge in [0, 0.05) is 22.9 Å². The van der Waals surface area contributed by atoms with Crippen LogP contribution in [0.25, 0.3) is 21.8 Å². The summed E-state index contributed by atoms with van der Waals surface area (Å²) >= 11 is 0. The van der Waals surface area contributed by atoms with Crippen LogP contribution in [0.3, 0.4) is 0 Å². The van der Waals surface area contributed by atoms with Crippen LogP contribution in [0, 0.1) is 6.92 Å². The summed E-state index contributed by atoms with van der Waals surface area (Å²) in [6, 6.07) is 14.8. The summed E-state index contributed by atoms with van der Waals surface area (Å²) in [5, 5.41) is 9.39. The van der Waals surface area contributed by atoms with Gasteiger partial charge in [0.05, 0.1) is 28.7 Å². The average molecular weight is 498 g/mol. The van der Waals surface area contributed by atoms with Crippen molar-refractivity contribution in [2.45, 2.75) is 56.9 Å². The van der Waals surface area contributed by atoms with Gasteiger partial charge >= 0.3 is 0 Å². The van der Waals surface area contributed by atoms with Gasteiger partial charge in [-0.25, -0.2) is 0 Å². The Morgan fingerprint density at radius 3 is 2.57 bits per heavy atom. The highest BCUT2D eigenvalue weighted by Crippen LogP contribution is 2.36. The van der Waals surface area contributed by atoms with Crippen LogP contribution >= 0.6 is 0 Å². The number of piperidine rings is 1. The number of hydrogen-bond acceptors (Lipinski definition) is 4. The van der Waals surface area contributed by atoms with Crippen molar-refractivity contribution in [1.29, 1.82) is 0 Å². The molecule has 1 aliphatic carbocycles. The number of fused-ring (bicyclic) bond motifs is 3. The van der Waals surface area contributed by atoms with E-state index in [1.165, 1.54) is 18.4 Å². The predicted octanol–water partition coefficient (Wildman–Crippen LogP) is 4.69. The number of amides is 1. The molecule has 7 nitrogen and oxygen atoms in total. The van der Waals surface area contributed by atoms with Gasteiger partial charge in [0.25, 0.3) is 11.5 Å². The molecule has 2 aromatic carbocycles. The number of aromatic amines is 1. The summed E-state index contributed by atoms with van der Waals surface area (Å²) in [6.07, 6.45) is 8.19. The number of hydrogen-bond donors (Lipinski definition) is 2. The van der Waals surface area contributed by atoms with E-state index in [0.717, 1.165) is 60.8 Å². The van der Waals surface area contributed by atoms with Gasteiger partial charge < -0.3 is 15.2 Å². The summed E-state index contributed by atoms with van der Waals surface area (Å²) in [6.45, 7) is 4.56. The van der Waals surface area contributed by atoms with Crippen molar-refractivity contribution >= 4 is 27.7 Å². The van der Waals surface area contributed by atoms with Crippen molar-refractivity contribution in [3.8, 4) is 0 Å². The van der Waals surface area contributed by atoms with Crippen LogP contribution < -0.4 is 10.9 Å². The number of likely N-dealkylation sites (tertiary alicyclic amines) is 1. The SMILES string of the molecule is Cc1cc2[nH]c(=O)c3cnn(C4CCCC4)c3c2cc1C(=O)NCC1(c2ccccc2)CCN(C)CC1. The van der Waals surface area contributed by atoms with Crippen LogP contribution in [-0.4, -0.2) is 52.3 Å². The number of carbonyl (C=O) groups excluding carboxylic acids is 1. The molecule has 1 aliphatic heterocycles. The first kappa shape index (κ1) is 23.9. The van der Waals surface area contributed by atoms with Gasteiger partial charge in [-0.2, -0.15) is 5.10 Å². The van der Waals surface area contributed by atoms with Crippen LogP contribution in [0.1, 0.15) is 66.1 Å². The fourth-order valence-electron chi connectivity index (χ4n) is 6.41. The molecule has 192 valence electrons. The van der Waals surface area contributed by atoms with Gasteiger partial charge in [-0.3, -0.25) is 14.3 Å². The molecule has 4 aromatic rings. The molecule has 1 amide bonds. The molecule has 1 saturated heterocycles. The van der Waals surface area contributed by atoms with E-state index in [-0.39, 0.29) is 16.9 Å². The van der Waals surface area contributed by atoms with E-state index < -0.39 is 0 Å². The Morgan fingerprint density at radius 2 is 1.84 bits per heavy atom. The quantitative estimate of drug-likeness (QED) is 0.419. The van der Waals surface area contributed by atoms with E-state index in [4.69, 9.17) is 0 Å². The molecule has 37 heavy (non-hydrogen) atoms. The molecule has 0 bridgehead atoms. The lowest BCUT2D eigenvalue weighted by atomic mass is 9.72. The largest absolute Gasteiger partial charge is 0.351 e. The van der Waals surface area contributed by atoms with Crippen molar-refractivity contribution in [1.82, 2.24) is 25.0 Å². The lowest BCUT2D eigenvalue weighted by molar-refractivity contribution is 0.0927. The maximum absolute atomic E-state index is 13.7. The first-order valence-corrected chi connectivity index (χ1v) is 13.5. The van der Waals surface area contributed by atoms with Crippen LogP contribution in [0.4, 0.5) is 0 Å². The number of aryl methyl sites for hydroxylation is 1. The Labute approximate surface area is 216 Å². The highest BCUT2D eigenvalue weighted by atomic mass is 16.1. The van der Waals surface area contributed by atoms with E-state index >= 15 is 0 Å². The van der Waals surface area contributed by atoms with E-state index in [1.807, 2.05) is 29.8 Å². The van der Waals surface area contributed by atoms with Gasteiger partial charge in [0.1, 0.15) is 0 Å². The summed E-state index contributed by atoms with van der Waals surface area (Å²) in [5.41, 5.74) is 4.18. The second-order valence-electron chi connectivity index (χ2n) is 11.1. The van der Waals surface area contributed by atoms with Gasteiger partial charge in [0.2, 0.25) is 0 Å². The molecule has 2 aliphatic rings. The third kappa shape index (κ3) is 4.25. The Bertz CT molecular complexity index is 1510. The molecule has 2 fully saturated rings. The fourth-order valence-corrected chi connectivity index (χ4v) is 6.41. The molecular weight excluding hydrogens is 462 g/mol. The molecule has 0 spiro atoms. The number of nitrogens with one attached hydrogen (secondary N) is 2. The molecule has 0 unspecified atom stereocenters. The summed E-state index contributed by atoms with van der Waals surface area (Å²) in [4.78, 5) is 31.9. The lowest BCUT2D eigenvalue weighted by Crippen LogP contribution is -2.48. The number of pyridine rings is 1. The number of H-pyrrole nitrogens is 1. The Balaban J connectivity index is 1.36. The zero-order valence-corrected chi connectivity index (χ0v) is 21.7. The van der Waals surface area contributed by atoms with Crippen LogP contribution in [0.15, 0.2) is 53.5 Å². The average Bonchev–Trinajstić information content (AvgIpc) is 3.59. The molecule has 7 heteroatoms. The van der Waals surface area contributed by atoms with E-state index in [0.29, 0.717) is 23.5 Å². The Hall–Kier alpha value is -3.45. The zero-order chi connectivity index (χ0) is 25.6. The Kier molecular flexibility index (Phi) is 6.11. The number of benzene rings is 2. The minimum atomic E-state index is -0.129. The molecule has 3 heterocycles. The predicted molar refractivity (Wildman–Crippen MR) is 147 cm³/mol. The van der Waals surface area contributed by atoms with E-state index in [2.05, 4.69) is 51.6 Å². The number of aromatic nitrogens is 3. The molecule has 0 radical (unpaired) electrons. The first-order chi connectivity index (χ1) is 17.9. The van der Waals surface area contributed by atoms with E-state index in [9.17, 15) is 9.59 Å². The maximum Gasteiger partial charge on any atom is 0.259 e. The van der Waals surface area contributed by atoms with Crippen molar-refractivity contribution in [2.75, 3.05) is 26.7 Å². The standard InChI is InChI=1S/C30H35N5O2/c1-20-16-26-24(27-25(29(37)33-26)18-32-35(27)22-10-6-7-11-22)17-23(20)28(36)31-19-30(12-14-34(2)15-13-30)21-8-4-3-5-9-21/h3-5,8-9,16-18,22H,6-7,10-15,19H2,1-2H3,(H,31,36)(H,33,37). The van der Waals surface area contributed by atoms with Crippen LogP contribution in [0.2, 0.25) is 0 Å². The molecular formula is C30H35N5O2. The van der Waals surface area contributed by atoms with Gasteiger partial charge in [-0.1, -0.05) is 43.2 Å². The molecule has 6 rings (SSSR count). The minimum absolute atomic E-state index is 0.0695. The molecule has 0 atom stereocenters. The van der Waals surface area contributed by atoms with Crippen LogP contribution in [-0.2, 0) is 5.41 Å². The molecule has 1 saturated carbocycles.